The summed E-state index contributed by atoms with van der Waals surface area (Å²) in [6.07, 6.45) is 4.56. The third-order valence-corrected chi connectivity index (χ3v) is 2.29. The summed E-state index contributed by atoms with van der Waals surface area (Å²) >= 11 is 0. The van der Waals surface area contributed by atoms with Crippen molar-refractivity contribution in [3.05, 3.63) is 29.6 Å². The van der Waals surface area contributed by atoms with Gasteiger partial charge in [-0.05, 0) is 38.1 Å². The standard InChI is InChI=1S/C12H16N2/c1-4-5-6-12(13-3)11-9-14-8-7-10(11)2/h7-9,12-13H,6H2,1-3H3. The van der Waals surface area contributed by atoms with E-state index in [1.165, 1.54) is 11.1 Å². The molecule has 1 N–H and O–H groups in total. The second-order valence-corrected chi connectivity index (χ2v) is 3.20. The van der Waals surface area contributed by atoms with Crippen LogP contribution < -0.4 is 5.32 Å². The third-order valence-electron chi connectivity index (χ3n) is 2.29. The van der Waals surface area contributed by atoms with Gasteiger partial charge in [-0.1, -0.05) is 0 Å². The summed E-state index contributed by atoms with van der Waals surface area (Å²) in [4.78, 5) is 4.13. The lowest BCUT2D eigenvalue weighted by Crippen LogP contribution is -2.17. The Hall–Kier alpha value is -1.33. The van der Waals surface area contributed by atoms with Crippen LogP contribution in [0.4, 0.5) is 0 Å². The number of pyridine rings is 1. The minimum Gasteiger partial charge on any atom is -0.312 e. The van der Waals surface area contributed by atoms with Crippen molar-refractivity contribution in [1.29, 1.82) is 0 Å². The zero-order valence-electron chi connectivity index (χ0n) is 8.96. The Morgan fingerprint density at radius 3 is 2.93 bits per heavy atom. The molecule has 0 saturated carbocycles. The molecule has 0 aliphatic carbocycles. The van der Waals surface area contributed by atoms with Crippen molar-refractivity contribution in [1.82, 2.24) is 10.3 Å². The lowest BCUT2D eigenvalue weighted by molar-refractivity contribution is 0.605. The molecule has 74 valence electrons. The highest BCUT2D eigenvalue weighted by atomic mass is 14.9. The van der Waals surface area contributed by atoms with Crippen LogP contribution >= 0.6 is 0 Å². The largest absolute Gasteiger partial charge is 0.312 e. The molecule has 0 saturated heterocycles. The number of nitrogens with zero attached hydrogens (tertiary/aromatic N) is 1. The number of aromatic nitrogens is 1. The van der Waals surface area contributed by atoms with Crippen LogP contribution in [0.2, 0.25) is 0 Å². The minimum absolute atomic E-state index is 0.288. The molecule has 1 aromatic rings. The highest BCUT2D eigenvalue weighted by molar-refractivity contribution is 5.26. The van der Waals surface area contributed by atoms with Gasteiger partial charge in [0.2, 0.25) is 0 Å². The highest BCUT2D eigenvalue weighted by Gasteiger charge is 2.09. The molecule has 1 aromatic heterocycles. The molecule has 1 rings (SSSR count). The molecular formula is C12H16N2. The normalized spacial score (nSPS) is 11.6. The van der Waals surface area contributed by atoms with E-state index < -0.39 is 0 Å². The lowest BCUT2D eigenvalue weighted by Gasteiger charge is -2.15. The number of aryl methyl sites for hydroxylation is 1. The van der Waals surface area contributed by atoms with Gasteiger partial charge in [-0.25, -0.2) is 0 Å². The minimum atomic E-state index is 0.288. The Labute approximate surface area is 85.8 Å². The molecule has 0 aliphatic rings. The van der Waals surface area contributed by atoms with E-state index in [-0.39, 0.29) is 6.04 Å². The lowest BCUT2D eigenvalue weighted by atomic mass is 10.0. The number of hydrogen-bond acceptors (Lipinski definition) is 2. The first-order valence-electron chi connectivity index (χ1n) is 4.77. The molecule has 1 heterocycles. The van der Waals surface area contributed by atoms with Crippen LogP contribution in [-0.4, -0.2) is 12.0 Å². The molecule has 0 amide bonds. The van der Waals surface area contributed by atoms with Gasteiger partial charge in [0, 0.05) is 24.9 Å². The zero-order chi connectivity index (χ0) is 10.4. The number of hydrogen-bond donors (Lipinski definition) is 1. The maximum absolute atomic E-state index is 4.13. The predicted molar refractivity (Wildman–Crippen MR) is 58.8 cm³/mol. The number of rotatable bonds is 3. The van der Waals surface area contributed by atoms with E-state index in [1.54, 1.807) is 0 Å². The summed E-state index contributed by atoms with van der Waals surface area (Å²) in [7, 11) is 1.95. The Balaban J connectivity index is 2.87. The summed E-state index contributed by atoms with van der Waals surface area (Å²) in [5.41, 5.74) is 2.50. The average molecular weight is 188 g/mol. The van der Waals surface area contributed by atoms with Crippen molar-refractivity contribution >= 4 is 0 Å². The highest BCUT2D eigenvalue weighted by Crippen LogP contribution is 2.18. The molecule has 0 spiro atoms. The van der Waals surface area contributed by atoms with Crippen molar-refractivity contribution in [2.75, 3.05) is 7.05 Å². The fraction of sp³-hybridized carbons (Fsp3) is 0.417. The van der Waals surface area contributed by atoms with Gasteiger partial charge in [-0.3, -0.25) is 4.98 Å². The van der Waals surface area contributed by atoms with E-state index in [0.717, 1.165) is 6.42 Å². The van der Waals surface area contributed by atoms with E-state index in [0.29, 0.717) is 0 Å². The molecule has 2 heteroatoms. The molecule has 2 nitrogen and oxygen atoms in total. The summed E-state index contributed by atoms with van der Waals surface area (Å²) in [6, 6.07) is 2.31. The first-order chi connectivity index (χ1) is 6.79. The molecular weight excluding hydrogens is 172 g/mol. The molecule has 0 aliphatic heterocycles. The van der Waals surface area contributed by atoms with Crippen molar-refractivity contribution in [3.63, 3.8) is 0 Å². The van der Waals surface area contributed by atoms with Crippen LogP contribution in [0.1, 0.15) is 30.5 Å². The zero-order valence-corrected chi connectivity index (χ0v) is 8.96. The molecule has 0 fully saturated rings. The quantitative estimate of drug-likeness (QED) is 0.734. The number of nitrogens with one attached hydrogen (secondary N) is 1. The first-order valence-corrected chi connectivity index (χ1v) is 4.77. The van der Waals surface area contributed by atoms with Crippen molar-refractivity contribution in [2.45, 2.75) is 26.3 Å². The van der Waals surface area contributed by atoms with E-state index in [4.69, 9.17) is 0 Å². The summed E-state index contributed by atoms with van der Waals surface area (Å²) in [5.74, 6) is 6.00. The average Bonchev–Trinajstić information content (AvgIpc) is 2.21. The molecule has 0 radical (unpaired) electrons. The molecule has 14 heavy (non-hydrogen) atoms. The van der Waals surface area contributed by atoms with Gasteiger partial charge in [-0.15, -0.1) is 11.8 Å². The van der Waals surface area contributed by atoms with Gasteiger partial charge < -0.3 is 5.32 Å². The van der Waals surface area contributed by atoms with Crippen LogP contribution in [0.3, 0.4) is 0 Å². The van der Waals surface area contributed by atoms with Gasteiger partial charge >= 0.3 is 0 Å². The first kappa shape index (κ1) is 10.7. The van der Waals surface area contributed by atoms with Gasteiger partial charge in [0.25, 0.3) is 0 Å². The summed E-state index contributed by atoms with van der Waals surface area (Å²) in [5, 5.41) is 3.25. The molecule has 0 bridgehead atoms. The molecule has 0 aromatic carbocycles. The van der Waals surface area contributed by atoms with Crippen LogP contribution in [0, 0.1) is 18.8 Å². The van der Waals surface area contributed by atoms with E-state index in [1.807, 2.05) is 32.4 Å². The third kappa shape index (κ3) is 2.58. The Morgan fingerprint density at radius 1 is 1.57 bits per heavy atom. The van der Waals surface area contributed by atoms with Crippen molar-refractivity contribution < 1.29 is 0 Å². The van der Waals surface area contributed by atoms with E-state index in [9.17, 15) is 0 Å². The van der Waals surface area contributed by atoms with Crippen LogP contribution in [0.25, 0.3) is 0 Å². The van der Waals surface area contributed by atoms with Gasteiger partial charge in [0.05, 0.1) is 0 Å². The van der Waals surface area contributed by atoms with Crippen LogP contribution in [-0.2, 0) is 0 Å². The molecule has 1 atom stereocenters. The van der Waals surface area contributed by atoms with Crippen molar-refractivity contribution in [3.8, 4) is 11.8 Å². The second kappa shape index (κ2) is 5.41. The van der Waals surface area contributed by atoms with E-state index in [2.05, 4.69) is 29.1 Å². The Morgan fingerprint density at radius 2 is 2.36 bits per heavy atom. The van der Waals surface area contributed by atoms with Gasteiger partial charge in [-0.2, -0.15) is 0 Å². The summed E-state index contributed by atoms with van der Waals surface area (Å²) < 4.78 is 0. The fourth-order valence-electron chi connectivity index (χ4n) is 1.41. The molecule has 1 unspecified atom stereocenters. The van der Waals surface area contributed by atoms with Gasteiger partial charge in [0.15, 0.2) is 0 Å². The van der Waals surface area contributed by atoms with Crippen LogP contribution in [0.15, 0.2) is 18.5 Å². The smallest absolute Gasteiger partial charge is 0.0446 e. The van der Waals surface area contributed by atoms with E-state index >= 15 is 0 Å². The second-order valence-electron chi connectivity index (χ2n) is 3.20. The fourth-order valence-corrected chi connectivity index (χ4v) is 1.41. The maximum Gasteiger partial charge on any atom is 0.0446 e. The Kier molecular flexibility index (Phi) is 4.15. The summed E-state index contributed by atoms with van der Waals surface area (Å²) in [6.45, 7) is 3.96. The SMILES string of the molecule is CC#CCC(NC)c1cnccc1C. The Bertz CT molecular complexity index is 347. The predicted octanol–water partition coefficient (Wildman–Crippen LogP) is 2.06. The topological polar surface area (TPSA) is 24.9 Å². The maximum atomic E-state index is 4.13. The van der Waals surface area contributed by atoms with Gasteiger partial charge in [0.1, 0.15) is 0 Å². The van der Waals surface area contributed by atoms with Crippen molar-refractivity contribution in [2.24, 2.45) is 0 Å². The van der Waals surface area contributed by atoms with Crippen LogP contribution in [0.5, 0.6) is 0 Å². The monoisotopic (exact) mass is 188 g/mol.